The molecule has 0 fully saturated rings. The molecule has 9 heteroatoms. The minimum absolute atomic E-state index is 0.0935. The van der Waals surface area contributed by atoms with Crippen LogP contribution in [0.1, 0.15) is 22.8 Å². The Morgan fingerprint density at radius 1 is 1.38 bits per heavy atom. The lowest BCUT2D eigenvalue weighted by molar-refractivity contribution is -0.123. The van der Waals surface area contributed by atoms with Gasteiger partial charge in [-0.3, -0.25) is 4.79 Å². The number of esters is 1. The van der Waals surface area contributed by atoms with Gasteiger partial charge in [-0.1, -0.05) is 23.2 Å². The van der Waals surface area contributed by atoms with Gasteiger partial charge in [0.15, 0.2) is 6.10 Å². The van der Waals surface area contributed by atoms with Crippen LogP contribution in [0.25, 0.3) is 0 Å². The Balaban J connectivity index is 2.07. The fourth-order valence-electron chi connectivity index (χ4n) is 1.66. The van der Waals surface area contributed by atoms with Gasteiger partial charge in [0, 0.05) is 0 Å². The summed E-state index contributed by atoms with van der Waals surface area (Å²) in [6.45, 7) is 1.34. The van der Waals surface area contributed by atoms with E-state index in [1.54, 1.807) is 11.4 Å². The van der Waals surface area contributed by atoms with Gasteiger partial charge < -0.3 is 10.1 Å². The molecule has 0 aliphatic heterocycles. The Kier molecular flexibility index (Phi) is 5.78. The predicted molar refractivity (Wildman–Crippen MR) is 89.0 cm³/mol. The van der Waals surface area contributed by atoms with Crippen molar-refractivity contribution in [2.75, 3.05) is 5.32 Å². The van der Waals surface area contributed by atoms with Gasteiger partial charge in [0.25, 0.3) is 5.91 Å². The SMILES string of the molecule is C[C@H](OC(=O)c1cc(F)c(Cl)cc1Cl)C(=O)Nc1sccc1C#N. The van der Waals surface area contributed by atoms with E-state index in [0.717, 1.165) is 23.5 Å². The van der Waals surface area contributed by atoms with E-state index >= 15 is 0 Å². The maximum Gasteiger partial charge on any atom is 0.340 e. The van der Waals surface area contributed by atoms with Crippen LogP contribution in [-0.4, -0.2) is 18.0 Å². The van der Waals surface area contributed by atoms with Gasteiger partial charge in [0.05, 0.1) is 21.2 Å². The Hall–Kier alpha value is -2.14. The Morgan fingerprint density at radius 3 is 2.75 bits per heavy atom. The summed E-state index contributed by atoms with van der Waals surface area (Å²) in [6, 6.07) is 5.38. The van der Waals surface area contributed by atoms with Crippen molar-refractivity contribution >= 4 is 51.4 Å². The third-order valence-corrected chi connectivity index (χ3v) is 4.34. The van der Waals surface area contributed by atoms with Gasteiger partial charge in [-0.25, -0.2) is 9.18 Å². The van der Waals surface area contributed by atoms with Crippen LogP contribution in [0, 0.1) is 17.1 Å². The average Bonchev–Trinajstić information content (AvgIpc) is 2.97. The van der Waals surface area contributed by atoms with Gasteiger partial charge in [0.2, 0.25) is 0 Å². The number of ether oxygens (including phenoxy) is 1. The second-order valence-corrected chi connectivity index (χ2v) is 6.29. The third-order valence-electron chi connectivity index (χ3n) is 2.91. The van der Waals surface area contributed by atoms with Crippen LogP contribution in [0.3, 0.4) is 0 Å². The Labute approximate surface area is 150 Å². The van der Waals surface area contributed by atoms with Crippen LogP contribution in [0.4, 0.5) is 9.39 Å². The number of rotatable bonds is 4. The van der Waals surface area contributed by atoms with Crippen molar-refractivity contribution < 1.29 is 18.7 Å². The first-order valence-corrected chi connectivity index (χ1v) is 8.11. The van der Waals surface area contributed by atoms with E-state index in [1.807, 2.05) is 6.07 Å². The lowest BCUT2D eigenvalue weighted by Gasteiger charge is -2.13. The van der Waals surface area contributed by atoms with Crippen LogP contribution >= 0.6 is 34.5 Å². The summed E-state index contributed by atoms with van der Waals surface area (Å²) in [5.74, 6) is -2.43. The van der Waals surface area contributed by atoms with Crippen molar-refractivity contribution in [1.82, 2.24) is 0 Å². The zero-order valence-corrected chi connectivity index (χ0v) is 14.4. The quantitative estimate of drug-likeness (QED) is 0.629. The minimum Gasteiger partial charge on any atom is -0.449 e. The van der Waals surface area contributed by atoms with E-state index in [2.05, 4.69) is 5.32 Å². The number of benzene rings is 1. The molecule has 0 unspecified atom stereocenters. The molecule has 1 atom stereocenters. The highest BCUT2D eigenvalue weighted by Crippen LogP contribution is 2.26. The molecule has 0 aliphatic rings. The monoisotopic (exact) mass is 386 g/mol. The molecule has 1 amide bonds. The molecular weight excluding hydrogens is 378 g/mol. The highest BCUT2D eigenvalue weighted by atomic mass is 35.5. The molecule has 24 heavy (non-hydrogen) atoms. The largest absolute Gasteiger partial charge is 0.449 e. The molecule has 2 aromatic rings. The molecule has 0 saturated heterocycles. The lowest BCUT2D eigenvalue weighted by atomic mass is 10.2. The number of hydrogen-bond donors (Lipinski definition) is 1. The van der Waals surface area contributed by atoms with Crippen LogP contribution in [0.15, 0.2) is 23.6 Å². The average molecular weight is 387 g/mol. The minimum atomic E-state index is -1.18. The molecule has 0 spiro atoms. The molecule has 0 bridgehead atoms. The molecular formula is C15H9Cl2FN2O3S. The van der Waals surface area contributed by atoms with Crippen LogP contribution in [0.5, 0.6) is 0 Å². The van der Waals surface area contributed by atoms with Crippen molar-refractivity contribution in [2.24, 2.45) is 0 Å². The second-order valence-electron chi connectivity index (χ2n) is 4.56. The van der Waals surface area contributed by atoms with Crippen molar-refractivity contribution in [2.45, 2.75) is 13.0 Å². The van der Waals surface area contributed by atoms with Gasteiger partial charge in [0.1, 0.15) is 16.9 Å². The number of anilines is 1. The number of carbonyl (C=O) groups excluding carboxylic acids is 2. The fraction of sp³-hybridized carbons (Fsp3) is 0.133. The first kappa shape index (κ1) is 18.2. The molecule has 0 saturated carbocycles. The van der Waals surface area contributed by atoms with E-state index < -0.39 is 23.8 Å². The van der Waals surface area contributed by atoms with Crippen LogP contribution < -0.4 is 5.32 Å². The molecule has 124 valence electrons. The molecule has 1 aromatic heterocycles. The van der Waals surface area contributed by atoms with Crippen LogP contribution in [0.2, 0.25) is 10.0 Å². The summed E-state index contributed by atoms with van der Waals surface area (Å²) in [5.41, 5.74) is 0.0572. The normalized spacial score (nSPS) is 11.5. The summed E-state index contributed by atoms with van der Waals surface area (Å²) in [4.78, 5) is 24.1. The second kappa shape index (κ2) is 7.62. The smallest absolute Gasteiger partial charge is 0.340 e. The molecule has 5 nitrogen and oxygen atoms in total. The number of nitrogens with one attached hydrogen (secondary N) is 1. The highest BCUT2D eigenvalue weighted by molar-refractivity contribution is 7.14. The standard InChI is InChI=1S/C15H9Cl2FN2O3S/c1-7(13(21)20-14-8(6-19)2-3-24-14)23-15(22)9-4-12(18)11(17)5-10(9)16/h2-5,7H,1H3,(H,20,21)/t7-/m0/s1. The predicted octanol–water partition coefficient (Wildman–Crippen LogP) is 4.25. The summed E-state index contributed by atoms with van der Waals surface area (Å²) in [6.07, 6.45) is -1.18. The van der Waals surface area contributed by atoms with E-state index in [0.29, 0.717) is 10.6 Å². The molecule has 0 aliphatic carbocycles. The van der Waals surface area contributed by atoms with Crippen molar-refractivity contribution in [3.05, 3.63) is 50.6 Å². The maximum atomic E-state index is 13.4. The number of thiophene rings is 1. The van der Waals surface area contributed by atoms with E-state index in [1.165, 1.54) is 6.92 Å². The molecule has 2 rings (SSSR count). The summed E-state index contributed by atoms with van der Waals surface area (Å²) < 4.78 is 18.4. The molecule has 1 N–H and O–H groups in total. The van der Waals surface area contributed by atoms with Crippen molar-refractivity contribution in [3.8, 4) is 6.07 Å². The number of nitriles is 1. The Morgan fingerprint density at radius 2 is 2.08 bits per heavy atom. The number of nitrogens with zero attached hydrogens (tertiary/aromatic N) is 1. The topological polar surface area (TPSA) is 79.2 Å². The van der Waals surface area contributed by atoms with E-state index in [-0.39, 0.29) is 15.6 Å². The number of carbonyl (C=O) groups is 2. The van der Waals surface area contributed by atoms with Gasteiger partial charge in [-0.2, -0.15) is 5.26 Å². The van der Waals surface area contributed by atoms with E-state index in [4.69, 9.17) is 33.2 Å². The van der Waals surface area contributed by atoms with Crippen molar-refractivity contribution in [1.29, 1.82) is 5.26 Å². The third kappa shape index (κ3) is 4.03. The molecule has 1 aromatic carbocycles. The zero-order valence-electron chi connectivity index (χ0n) is 12.1. The van der Waals surface area contributed by atoms with Crippen LogP contribution in [-0.2, 0) is 9.53 Å². The molecule has 0 radical (unpaired) electrons. The first-order valence-electron chi connectivity index (χ1n) is 6.47. The van der Waals surface area contributed by atoms with Gasteiger partial charge in [-0.15, -0.1) is 11.3 Å². The van der Waals surface area contributed by atoms with E-state index in [9.17, 15) is 14.0 Å². The van der Waals surface area contributed by atoms with Crippen molar-refractivity contribution in [3.63, 3.8) is 0 Å². The Bertz CT molecular complexity index is 848. The first-order chi connectivity index (χ1) is 11.3. The zero-order chi connectivity index (χ0) is 17.9. The summed E-state index contributed by atoms with van der Waals surface area (Å²) in [5, 5.41) is 13.0. The fourth-order valence-corrected chi connectivity index (χ4v) is 2.86. The number of hydrogen-bond acceptors (Lipinski definition) is 5. The van der Waals surface area contributed by atoms with Gasteiger partial charge in [-0.05, 0) is 30.5 Å². The summed E-state index contributed by atoms with van der Waals surface area (Å²) in [7, 11) is 0. The molecule has 1 heterocycles. The number of amides is 1. The summed E-state index contributed by atoms with van der Waals surface area (Å²) >= 11 is 12.5. The maximum absolute atomic E-state index is 13.4. The highest BCUT2D eigenvalue weighted by Gasteiger charge is 2.23. The van der Waals surface area contributed by atoms with Gasteiger partial charge >= 0.3 is 5.97 Å². The number of halogens is 3. The lowest BCUT2D eigenvalue weighted by Crippen LogP contribution is -2.30.